The van der Waals surface area contributed by atoms with E-state index in [4.69, 9.17) is 19.6 Å². The quantitative estimate of drug-likeness (QED) is 0.243. The first-order valence-corrected chi connectivity index (χ1v) is 13.7. The number of amides is 1. The van der Waals surface area contributed by atoms with Gasteiger partial charge in [0.05, 0.1) is 25.0 Å². The zero-order chi connectivity index (χ0) is 27.4. The molecular weight excluding hydrogens is 510 g/mol. The van der Waals surface area contributed by atoms with Crippen molar-refractivity contribution in [1.29, 1.82) is 0 Å². The summed E-state index contributed by atoms with van der Waals surface area (Å²) >= 11 is 1.56. The Balaban J connectivity index is 1.49. The number of thioether (sulfide) groups is 1. The van der Waals surface area contributed by atoms with Crippen LogP contribution >= 0.6 is 11.8 Å². The lowest BCUT2D eigenvalue weighted by molar-refractivity contribution is -0.113. The number of aryl methyl sites for hydroxylation is 1. The number of nitrogens with one attached hydrogen (secondary N) is 2. The predicted molar refractivity (Wildman–Crippen MR) is 154 cm³/mol. The molecule has 4 aromatic rings. The molecule has 0 aliphatic carbocycles. The first kappa shape index (κ1) is 26.4. The fourth-order valence-electron chi connectivity index (χ4n) is 4.60. The number of hydrogen-bond donors (Lipinski definition) is 2. The molecule has 1 aliphatic heterocycles. The molecule has 0 saturated carbocycles. The van der Waals surface area contributed by atoms with Crippen molar-refractivity contribution < 1.29 is 14.3 Å². The molecule has 0 radical (unpaired) electrons. The molecule has 0 spiro atoms. The molecule has 1 aromatic heterocycles. The fraction of sp³-hybridized carbons (Fsp3) is 0.233. The van der Waals surface area contributed by atoms with Crippen molar-refractivity contribution in [3.8, 4) is 11.5 Å². The minimum absolute atomic E-state index is 0.251. The molecule has 2 heterocycles. The van der Waals surface area contributed by atoms with Crippen LogP contribution in [-0.2, 0) is 10.5 Å². The van der Waals surface area contributed by atoms with E-state index < -0.39 is 6.04 Å². The number of hydrogen-bond acceptors (Lipinski definition) is 7. The average Bonchev–Trinajstić information content (AvgIpc) is 3.34. The van der Waals surface area contributed by atoms with E-state index in [1.807, 2.05) is 62.4 Å². The highest BCUT2D eigenvalue weighted by atomic mass is 32.2. The smallest absolute Gasteiger partial charge is 0.255 e. The van der Waals surface area contributed by atoms with E-state index >= 15 is 0 Å². The Morgan fingerprint density at radius 2 is 1.87 bits per heavy atom. The Kier molecular flexibility index (Phi) is 7.88. The van der Waals surface area contributed by atoms with Crippen molar-refractivity contribution in [3.63, 3.8) is 0 Å². The Labute approximate surface area is 232 Å². The molecule has 2 N–H and O–H groups in total. The zero-order valence-electron chi connectivity index (χ0n) is 22.4. The van der Waals surface area contributed by atoms with Crippen molar-refractivity contribution >= 4 is 29.3 Å². The molecule has 0 unspecified atom stereocenters. The van der Waals surface area contributed by atoms with E-state index in [2.05, 4.69) is 41.8 Å². The van der Waals surface area contributed by atoms with Gasteiger partial charge in [-0.3, -0.25) is 4.79 Å². The molecule has 200 valence electrons. The summed E-state index contributed by atoms with van der Waals surface area (Å²) in [6.45, 7) is 6.49. The number of fused-ring (bicyclic) bond motifs is 1. The summed E-state index contributed by atoms with van der Waals surface area (Å²) in [5, 5.41) is 11.8. The lowest BCUT2D eigenvalue weighted by Crippen LogP contribution is -2.31. The average molecular weight is 542 g/mol. The molecule has 5 rings (SSSR count). The second kappa shape index (κ2) is 11.7. The van der Waals surface area contributed by atoms with Gasteiger partial charge in [0.1, 0.15) is 17.5 Å². The molecule has 3 aromatic carbocycles. The highest BCUT2D eigenvalue weighted by Gasteiger charge is 2.34. The highest BCUT2D eigenvalue weighted by Crippen LogP contribution is 2.38. The van der Waals surface area contributed by atoms with Gasteiger partial charge in [-0.05, 0) is 56.2 Å². The third kappa shape index (κ3) is 5.78. The fourth-order valence-corrected chi connectivity index (χ4v) is 5.37. The van der Waals surface area contributed by atoms with Gasteiger partial charge in [-0.2, -0.15) is 4.98 Å². The molecule has 0 bridgehead atoms. The van der Waals surface area contributed by atoms with Crippen LogP contribution in [0.4, 0.5) is 11.6 Å². The Hall–Kier alpha value is -4.24. The predicted octanol–water partition coefficient (Wildman–Crippen LogP) is 6.21. The van der Waals surface area contributed by atoms with Crippen molar-refractivity contribution in [2.45, 2.75) is 37.7 Å². The number of benzene rings is 3. The van der Waals surface area contributed by atoms with E-state index in [-0.39, 0.29) is 5.91 Å². The standard InChI is InChI=1S/C30H31N5O3S/c1-5-38-23-15-13-22(14-16-23)27-26(28(36)32-24-11-6-7-12-25(24)37-4)20(3)31-29-33-30(34-35(27)29)39-18-21-10-8-9-19(2)17-21/h6-17,27H,5,18H2,1-4H3,(H,32,36)(H,31,33,34)/t27-/m1/s1. The van der Waals surface area contributed by atoms with Crippen LogP contribution in [-0.4, -0.2) is 34.4 Å². The van der Waals surface area contributed by atoms with E-state index in [1.165, 1.54) is 11.1 Å². The number of nitrogens with zero attached hydrogens (tertiary/aromatic N) is 3. The maximum Gasteiger partial charge on any atom is 0.255 e. The third-order valence-electron chi connectivity index (χ3n) is 6.39. The third-order valence-corrected chi connectivity index (χ3v) is 7.30. The van der Waals surface area contributed by atoms with Gasteiger partial charge >= 0.3 is 0 Å². The number of rotatable bonds is 9. The molecule has 0 fully saturated rings. The number of carbonyl (C=O) groups excluding carboxylic acids is 1. The zero-order valence-corrected chi connectivity index (χ0v) is 23.2. The van der Waals surface area contributed by atoms with E-state index in [0.717, 1.165) is 17.1 Å². The Morgan fingerprint density at radius 1 is 1.08 bits per heavy atom. The summed E-state index contributed by atoms with van der Waals surface area (Å²) in [5.41, 5.74) is 5.15. The SMILES string of the molecule is CCOc1ccc([C@@H]2C(C(=O)Nc3ccccc3OC)=C(C)Nc3nc(SCc4cccc(C)c4)nn32)cc1. The highest BCUT2D eigenvalue weighted by molar-refractivity contribution is 7.98. The molecule has 8 nitrogen and oxygen atoms in total. The largest absolute Gasteiger partial charge is 0.495 e. The molecule has 0 saturated heterocycles. The molecule has 1 aliphatic rings. The Morgan fingerprint density at radius 3 is 2.62 bits per heavy atom. The van der Waals surface area contributed by atoms with Crippen LogP contribution < -0.4 is 20.1 Å². The maximum absolute atomic E-state index is 13.8. The molecule has 9 heteroatoms. The normalized spacial score (nSPS) is 14.4. The first-order chi connectivity index (χ1) is 19.0. The van der Waals surface area contributed by atoms with Gasteiger partial charge in [0, 0.05) is 11.4 Å². The van der Waals surface area contributed by atoms with Crippen LogP contribution in [0.25, 0.3) is 0 Å². The lowest BCUT2D eigenvalue weighted by Gasteiger charge is -2.29. The second-order valence-corrected chi connectivity index (χ2v) is 10.1. The number of aromatic nitrogens is 3. The number of ether oxygens (including phenoxy) is 2. The number of allylic oxidation sites excluding steroid dienone is 1. The van der Waals surface area contributed by atoms with Gasteiger partial charge in [-0.15, -0.1) is 5.10 Å². The minimum Gasteiger partial charge on any atom is -0.495 e. The monoisotopic (exact) mass is 541 g/mol. The van der Waals surface area contributed by atoms with Gasteiger partial charge in [0.25, 0.3) is 5.91 Å². The second-order valence-electron chi connectivity index (χ2n) is 9.16. The number of para-hydroxylation sites is 2. The topological polar surface area (TPSA) is 90.3 Å². The minimum atomic E-state index is -0.493. The summed E-state index contributed by atoms with van der Waals surface area (Å²) < 4.78 is 12.9. The van der Waals surface area contributed by atoms with Crippen LogP contribution in [0.1, 0.15) is 36.6 Å². The van der Waals surface area contributed by atoms with Crippen LogP contribution in [0.3, 0.4) is 0 Å². The summed E-state index contributed by atoms with van der Waals surface area (Å²) in [6, 6.07) is 23.0. The van der Waals surface area contributed by atoms with Crippen LogP contribution in [0.2, 0.25) is 0 Å². The summed E-state index contributed by atoms with van der Waals surface area (Å²) in [7, 11) is 1.58. The molecule has 1 atom stereocenters. The number of carbonyl (C=O) groups is 1. The summed E-state index contributed by atoms with van der Waals surface area (Å²) in [4.78, 5) is 18.6. The van der Waals surface area contributed by atoms with Gasteiger partial charge < -0.3 is 20.1 Å². The van der Waals surface area contributed by atoms with Gasteiger partial charge in [0.2, 0.25) is 11.1 Å². The summed E-state index contributed by atoms with van der Waals surface area (Å²) in [6.07, 6.45) is 0. The van der Waals surface area contributed by atoms with Crippen molar-refractivity contribution in [2.75, 3.05) is 24.4 Å². The van der Waals surface area contributed by atoms with Crippen molar-refractivity contribution in [2.24, 2.45) is 0 Å². The van der Waals surface area contributed by atoms with E-state index in [9.17, 15) is 4.79 Å². The van der Waals surface area contributed by atoms with Crippen molar-refractivity contribution in [1.82, 2.24) is 14.8 Å². The van der Waals surface area contributed by atoms with Crippen LogP contribution in [0, 0.1) is 6.92 Å². The number of anilines is 2. The van der Waals surface area contributed by atoms with E-state index in [1.54, 1.807) is 23.6 Å². The number of methoxy groups -OCH3 is 1. The molecular formula is C30H31N5O3S. The van der Waals surface area contributed by atoms with Gasteiger partial charge in [-0.1, -0.05) is 65.9 Å². The van der Waals surface area contributed by atoms with Crippen LogP contribution in [0.15, 0.2) is 89.2 Å². The lowest BCUT2D eigenvalue weighted by atomic mass is 9.95. The Bertz CT molecular complexity index is 1510. The van der Waals surface area contributed by atoms with Crippen LogP contribution in [0.5, 0.6) is 11.5 Å². The summed E-state index contributed by atoms with van der Waals surface area (Å²) in [5.74, 6) is 2.43. The van der Waals surface area contributed by atoms with Gasteiger partial charge in [-0.25, -0.2) is 4.68 Å². The maximum atomic E-state index is 13.8. The first-order valence-electron chi connectivity index (χ1n) is 12.8. The van der Waals surface area contributed by atoms with Crippen molar-refractivity contribution in [3.05, 3.63) is 101 Å². The molecule has 39 heavy (non-hydrogen) atoms. The van der Waals surface area contributed by atoms with E-state index in [0.29, 0.717) is 40.4 Å². The molecule has 1 amide bonds. The van der Waals surface area contributed by atoms with Gasteiger partial charge in [0.15, 0.2) is 0 Å².